The Labute approximate surface area is 168 Å². The number of pyridine rings is 1. The van der Waals surface area contributed by atoms with Crippen LogP contribution in [0.2, 0.25) is 0 Å². The van der Waals surface area contributed by atoms with Crippen LogP contribution in [0.4, 0.5) is 0 Å². The Morgan fingerprint density at radius 3 is 2.71 bits per heavy atom. The molecule has 1 aliphatic carbocycles. The van der Waals surface area contributed by atoms with Gasteiger partial charge in [-0.25, -0.2) is 0 Å². The van der Waals surface area contributed by atoms with Crippen molar-refractivity contribution in [2.75, 3.05) is 46.0 Å². The number of hydrogen-bond donors (Lipinski definition) is 0. The summed E-state index contributed by atoms with van der Waals surface area (Å²) in [5.74, 6) is 1.02. The molecular formula is C22H33N3O3. The molecule has 0 N–H and O–H groups in total. The molecule has 4 rings (SSSR count). The molecule has 0 aromatic carbocycles. The van der Waals surface area contributed by atoms with Gasteiger partial charge in [0.1, 0.15) is 0 Å². The van der Waals surface area contributed by atoms with Crippen LogP contribution in [0.3, 0.4) is 0 Å². The van der Waals surface area contributed by atoms with E-state index in [2.05, 4.69) is 20.9 Å². The molecule has 6 heteroatoms. The maximum Gasteiger partial charge on any atom is 0.223 e. The first kappa shape index (κ1) is 19.8. The Bertz CT molecular complexity index is 615. The number of amides is 1. The van der Waals surface area contributed by atoms with Gasteiger partial charge in [0.15, 0.2) is 0 Å². The smallest absolute Gasteiger partial charge is 0.223 e. The molecule has 2 aliphatic heterocycles. The average Bonchev–Trinajstić information content (AvgIpc) is 3.27. The number of morpholine rings is 2. The van der Waals surface area contributed by atoms with Crippen molar-refractivity contribution in [2.24, 2.45) is 5.92 Å². The second-order valence-corrected chi connectivity index (χ2v) is 8.33. The van der Waals surface area contributed by atoms with Crippen molar-refractivity contribution in [3.05, 3.63) is 30.1 Å². The van der Waals surface area contributed by atoms with Crippen LogP contribution >= 0.6 is 0 Å². The number of ether oxygens (including phenoxy) is 2. The molecule has 1 saturated carbocycles. The van der Waals surface area contributed by atoms with Crippen molar-refractivity contribution >= 4 is 5.91 Å². The zero-order valence-electron chi connectivity index (χ0n) is 16.8. The molecule has 3 heterocycles. The van der Waals surface area contributed by atoms with E-state index >= 15 is 0 Å². The maximum absolute atomic E-state index is 13.2. The molecule has 2 saturated heterocycles. The van der Waals surface area contributed by atoms with Crippen molar-refractivity contribution in [3.8, 4) is 0 Å². The number of aromatic nitrogens is 1. The molecule has 6 nitrogen and oxygen atoms in total. The minimum atomic E-state index is -0.0543. The minimum absolute atomic E-state index is 0.0218. The summed E-state index contributed by atoms with van der Waals surface area (Å²) in [6, 6.07) is 3.98. The molecule has 28 heavy (non-hydrogen) atoms. The number of carbonyl (C=O) groups is 1. The molecule has 0 spiro atoms. The van der Waals surface area contributed by atoms with Gasteiger partial charge in [0.05, 0.1) is 32.0 Å². The Kier molecular flexibility index (Phi) is 6.94. The Morgan fingerprint density at radius 2 is 1.96 bits per heavy atom. The molecular weight excluding hydrogens is 354 g/mol. The van der Waals surface area contributed by atoms with Gasteiger partial charge < -0.3 is 14.4 Å². The third-order valence-corrected chi connectivity index (χ3v) is 6.48. The highest BCUT2D eigenvalue weighted by atomic mass is 16.5. The van der Waals surface area contributed by atoms with Crippen molar-refractivity contribution < 1.29 is 14.3 Å². The van der Waals surface area contributed by atoms with Crippen molar-refractivity contribution in [1.82, 2.24) is 14.8 Å². The van der Waals surface area contributed by atoms with Crippen LogP contribution in [0.5, 0.6) is 0 Å². The Morgan fingerprint density at radius 1 is 1.14 bits per heavy atom. The van der Waals surface area contributed by atoms with Crippen LogP contribution in [0.25, 0.3) is 0 Å². The van der Waals surface area contributed by atoms with Gasteiger partial charge in [-0.2, -0.15) is 0 Å². The fraction of sp³-hybridized carbons (Fsp3) is 0.727. The summed E-state index contributed by atoms with van der Waals surface area (Å²) in [4.78, 5) is 22.0. The SMILES string of the molecule is O=C(CCC1CCCC1)N1CCO[C@@H](CN2CCOCC2)[C@@H]1c1cccnc1. The first-order chi connectivity index (χ1) is 13.8. The zero-order chi connectivity index (χ0) is 19.2. The first-order valence-corrected chi connectivity index (χ1v) is 10.9. The van der Waals surface area contributed by atoms with E-state index in [1.165, 1.54) is 25.7 Å². The van der Waals surface area contributed by atoms with Gasteiger partial charge in [0.2, 0.25) is 5.91 Å². The van der Waals surface area contributed by atoms with E-state index in [4.69, 9.17) is 9.47 Å². The highest BCUT2D eigenvalue weighted by Crippen LogP contribution is 2.33. The molecule has 154 valence electrons. The number of carbonyl (C=O) groups excluding carboxylic acids is 1. The van der Waals surface area contributed by atoms with Gasteiger partial charge in [-0.3, -0.25) is 14.7 Å². The molecule has 1 amide bonds. The highest BCUT2D eigenvalue weighted by molar-refractivity contribution is 5.77. The van der Waals surface area contributed by atoms with Crippen molar-refractivity contribution in [2.45, 2.75) is 50.7 Å². The maximum atomic E-state index is 13.2. The fourth-order valence-corrected chi connectivity index (χ4v) is 4.92. The summed E-state index contributed by atoms with van der Waals surface area (Å²) in [6.45, 7) is 5.51. The molecule has 0 unspecified atom stereocenters. The predicted octanol–water partition coefficient (Wildman–Crippen LogP) is 2.65. The van der Waals surface area contributed by atoms with Gasteiger partial charge in [0.25, 0.3) is 0 Å². The lowest BCUT2D eigenvalue weighted by Crippen LogP contribution is -2.53. The van der Waals surface area contributed by atoms with Crippen LogP contribution in [-0.4, -0.2) is 72.8 Å². The zero-order valence-corrected chi connectivity index (χ0v) is 16.8. The number of nitrogens with zero attached hydrogens (tertiary/aromatic N) is 3. The van der Waals surface area contributed by atoms with Crippen LogP contribution in [0.1, 0.15) is 50.1 Å². The molecule has 0 bridgehead atoms. The van der Waals surface area contributed by atoms with Crippen molar-refractivity contribution in [3.63, 3.8) is 0 Å². The lowest BCUT2D eigenvalue weighted by Gasteiger charge is -2.43. The van der Waals surface area contributed by atoms with E-state index in [1.54, 1.807) is 6.20 Å². The molecule has 2 atom stereocenters. The summed E-state index contributed by atoms with van der Waals surface area (Å²) < 4.78 is 11.7. The van der Waals surface area contributed by atoms with E-state index in [-0.39, 0.29) is 18.1 Å². The Balaban J connectivity index is 1.47. The van der Waals surface area contributed by atoms with Crippen LogP contribution in [-0.2, 0) is 14.3 Å². The largest absolute Gasteiger partial charge is 0.379 e. The fourth-order valence-electron chi connectivity index (χ4n) is 4.92. The lowest BCUT2D eigenvalue weighted by molar-refractivity contribution is -0.149. The summed E-state index contributed by atoms with van der Waals surface area (Å²) in [7, 11) is 0. The second kappa shape index (κ2) is 9.81. The van der Waals surface area contributed by atoms with Crippen LogP contribution in [0.15, 0.2) is 24.5 Å². The van der Waals surface area contributed by atoms with Crippen LogP contribution < -0.4 is 0 Å². The number of rotatable bonds is 6. The van der Waals surface area contributed by atoms with E-state index in [0.29, 0.717) is 19.6 Å². The highest BCUT2D eigenvalue weighted by Gasteiger charge is 2.37. The topological polar surface area (TPSA) is 54.9 Å². The third-order valence-electron chi connectivity index (χ3n) is 6.48. The van der Waals surface area contributed by atoms with E-state index < -0.39 is 0 Å². The van der Waals surface area contributed by atoms with Gasteiger partial charge in [-0.1, -0.05) is 31.7 Å². The Hall–Kier alpha value is -1.50. The van der Waals surface area contributed by atoms with Gasteiger partial charge in [-0.05, 0) is 24.0 Å². The summed E-state index contributed by atoms with van der Waals surface area (Å²) >= 11 is 0. The van der Waals surface area contributed by atoms with E-state index in [9.17, 15) is 4.79 Å². The molecule has 0 radical (unpaired) electrons. The minimum Gasteiger partial charge on any atom is -0.379 e. The van der Waals surface area contributed by atoms with Gasteiger partial charge in [0, 0.05) is 45.0 Å². The quantitative estimate of drug-likeness (QED) is 0.751. The summed E-state index contributed by atoms with van der Waals surface area (Å²) in [5, 5.41) is 0. The van der Waals surface area contributed by atoms with Gasteiger partial charge in [-0.15, -0.1) is 0 Å². The van der Waals surface area contributed by atoms with Crippen LogP contribution in [0, 0.1) is 5.92 Å². The number of hydrogen-bond acceptors (Lipinski definition) is 5. The average molecular weight is 388 g/mol. The lowest BCUT2D eigenvalue weighted by atomic mass is 9.96. The normalized spacial score (nSPS) is 27.2. The van der Waals surface area contributed by atoms with E-state index in [1.807, 2.05) is 12.3 Å². The second-order valence-electron chi connectivity index (χ2n) is 8.33. The monoisotopic (exact) mass is 387 g/mol. The predicted molar refractivity (Wildman–Crippen MR) is 107 cm³/mol. The summed E-state index contributed by atoms with van der Waals surface area (Å²) in [6.07, 6.45) is 10.6. The molecule has 1 aromatic rings. The van der Waals surface area contributed by atoms with Crippen molar-refractivity contribution in [1.29, 1.82) is 0 Å². The van der Waals surface area contributed by atoms with Gasteiger partial charge >= 0.3 is 0 Å². The first-order valence-electron chi connectivity index (χ1n) is 10.9. The molecule has 3 aliphatic rings. The molecule has 3 fully saturated rings. The van der Waals surface area contributed by atoms with E-state index in [0.717, 1.165) is 50.8 Å². The third kappa shape index (κ3) is 4.91. The standard InChI is InChI=1S/C22H33N3O3/c26-21(8-7-18-4-1-2-5-18)25-12-15-28-20(17-24-10-13-27-14-11-24)22(25)19-6-3-9-23-16-19/h3,6,9,16,18,20,22H,1-2,4-5,7-8,10-15,17H2/t20-,22-/m0/s1. The summed E-state index contributed by atoms with van der Waals surface area (Å²) in [5.41, 5.74) is 1.08. The molecule has 1 aromatic heterocycles.